The van der Waals surface area contributed by atoms with Gasteiger partial charge in [-0.15, -0.1) is 0 Å². The maximum absolute atomic E-state index is 12.4. The van der Waals surface area contributed by atoms with E-state index in [0.29, 0.717) is 18.4 Å². The number of benzene rings is 1. The van der Waals surface area contributed by atoms with E-state index in [9.17, 15) is 19.5 Å². The van der Waals surface area contributed by atoms with Crippen molar-refractivity contribution < 1.29 is 19.5 Å². The highest BCUT2D eigenvalue weighted by Crippen LogP contribution is 2.14. The van der Waals surface area contributed by atoms with Gasteiger partial charge >= 0.3 is 6.03 Å². The van der Waals surface area contributed by atoms with Crippen LogP contribution in [0.15, 0.2) is 28.7 Å². The summed E-state index contributed by atoms with van der Waals surface area (Å²) >= 11 is 3.31. The van der Waals surface area contributed by atoms with Crippen LogP contribution in [-0.2, 0) is 9.59 Å². The van der Waals surface area contributed by atoms with Gasteiger partial charge in [0.2, 0.25) is 5.91 Å². The number of aliphatic hydroxyl groups excluding tert-OH is 1. The normalized spacial score (nSPS) is 14.3. The molecular formula is C17H24BrN3O4. The topological polar surface area (TPSA) is 108 Å². The van der Waals surface area contributed by atoms with E-state index in [2.05, 4.69) is 31.9 Å². The van der Waals surface area contributed by atoms with Gasteiger partial charge in [-0.1, -0.05) is 29.8 Å². The Labute approximate surface area is 155 Å². The van der Waals surface area contributed by atoms with Crippen LogP contribution in [0.25, 0.3) is 0 Å². The number of hydrogen-bond acceptors (Lipinski definition) is 4. The van der Waals surface area contributed by atoms with Gasteiger partial charge in [0.15, 0.2) is 0 Å². The smallest absolute Gasteiger partial charge is 0.319 e. The van der Waals surface area contributed by atoms with E-state index in [1.807, 2.05) is 13.8 Å². The molecule has 0 bridgehead atoms. The summed E-state index contributed by atoms with van der Waals surface area (Å²) in [5.41, 5.74) is -0.798. The molecule has 0 unspecified atom stereocenters. The molecule has 1 aromatic carbocycles. The number of nitrogens with one attached hydrogen (secondary N) is 3. The van der Waals surface area contributed by atoms with Crippen molar-refractivity contribution in [2.45, 2.75) is 38.8 Å². The molecule has 0 radical (unpaired) electrons. The van der Waals surface area contributed by atoms with Crippen molar-refractivity contribution in [3.63, 3.8) is 0 Å². The van der Waals surface area contributed by atoms with E-state index in [1.54, 1.807) is 24.3 Å². The fraction of sp³-hybridized carbons (Fsp3) is 0.471. The molecule has 8 heteroatoms. The van der Waals surface area contributed by atoms with Crippen molar-refractivity contribution in [2.24, 2.45) is 5.92 Å². The first-order valence-electron chi connectivity index (χ1n) is 7.91. The zero-order valence-electron chi connectivity index (χ0n) is 14.5. The van der Waals surface area contributed by atoms with Crippen molar-refractivity contribution >= 4 is 39.8 Å². The Morgan fingerprint density at radius 3 is 2.36 bits per heavy atom. The monoisotopic (exact) mass is 413 g/mol. The van der Waals surface area contributed by atoms with E-state index < -0.39 is 30.1 Å². The molecular weight excluding hydrogens is 390 g/mol. The second-order valence-corrected chi connectivity index (χ2v) is 7.39. The zero-order valence-corrected chi connectivity index (χ0v) is 16.1. The van der Waals surface area contributed by atoms with Crippen LogP contribution in [0.1, 0.15) is 27.2 Å². The number of carbonyl (C=O) groups is 3. The van der Waals surface area contributed by atoms with Crippen molar-refractivity contribution in [3.05, 3.63) is 28.7 Å². The van der Waals surface area contributed by atoms with E-state index in [1.165, 1.54) is 6.92 Å². The second-order valence-electron chi connectivity index (χ2n) is 6.47. The quantitative estimate of drug-likeness (QED) is 0.489. The Morgan fingerprint density at radius 1 is 1.28 bits per heavy atom. The lowest BCUT2D eigenvalue weighted by molar-refractivity contribution is -0.129. The molecule has 4 N–H and O–H groups in total. The Bertz CT molecular complexity index is 606. The molecule has 7 nitrogen and oxygen atoms in total. The highest BCUT2D eigenvalue weighted by molar-refractivity contribution is 9.10. The van der Waals surface area contributed by atoms with Crippen LogP contribution < -0.4 is 16.0 Å². The third kappa shape index (κ3) is 7.23. The minimum absolute atomic E-state index is 0.139. The Hall–Kier alpha value is -1.93. The van der Waals surface area contributed by atoms with Gasteiger partial charge in [-0.25, -0.2) is 4.79 Å². The van der Waals surface area contributed by atoms with E-state index >= 15 is 0 Å². The van der Waals surface area contributed by atoms with Gasteiger partial charge < -0.3 is 25.9 Å². The number of aliphatic hydroxyl groups is 1. The van der Waals surface area contributed by atoms with Crippen molar-refractivity contribution in [2.75, 3.05) is 11.9 Å². The molecule has 0 aliphatic carbocycles. The first-order chi connectivity index (χ1) is 11.7. The van der Waals surface area contributed by atoms with Gasteiger partial charge in [-0.3, -0.25) is 4.79 Å². The average molecular weight is 414 g/mol. The summed E-state index contributed by atoms with van der Waals surface area (Å²) in [6.07, 6.45) is 0.860. The van der Waals surface area contributed by atoms with Gasteiger partial charge in [-0.05, 0) is 43.5 Å². The van der Waals surface area contributed by atoms with E-state index in [0.717, 1.165) is 4.47 Å². The van der Waals surface area contributed by atoms with Crippen LogP contribution in [0, 0.1) is 5.92 Å². The summed E-state index contributed by atoms with van der Waals surface area (Å²) < 4.78 is 0.882. The first-order valence-corrected chi connectivity index (χ1v) is 8.70. The van der Waals surface area contributed by atoms with Crippen LogP contribution in [0.2, 0.25) is 0 Å². The first kappa shape index (κ1) is 21.1. The maximum Gasteiger partial charge on any atom is 0.319 e. The minimum Gasteiger partial charge on any atom is -0.393 e. The van der Waals surface area contributed by atoms with Gasteiger partial charge in [0.25, 0.3) is 0 Å². The fourth-order valence-corrected chi connectivity index (χ4v) is 2.30. The molecule has 0 aliphatic rings. The maximum atomic E-state index is 12.4. The lowest BCUT2D eigenvalue weighted by Gasteiger charge is -2.27. The number of carbonyl (C=O) groups excluding carboxylic acids is 3. The third-order valence-electron chi connectivity index (χ3n) is 3.43. The van der Waals surface area contributed by atoms with Crippen LogP contribution >= 0.6 is 15.9 Å². The third-order valence-corrected chi connectivity index (χ3v) is 3.96. The molecule has 25 heavy (non-hydrogen) atoms. The number of halogens is 1. The molecule has 0 saturated carbocycles. The van der Waals surface area contributed by atoms with Crippen molar-refractivity contribution in [1.82, 2.24) is 10.6 Å². The standard InChI is InChI=1S/C17H24BrN3O4/c1-11(2)8-14(15(24)21-17(3,9-22)10-23)20-16(25)19-13-6-4-12(18)5-7-13/h4-7,9,11,14,23H,8,10H2,1-3H3,(H,21,24)(H2,19,20,25)/t14-,17+/m0/s1. The number of rotatable bonds is 8. The summed E-state index contributed by atoms with van der Waals surface area (Å²) in [5, 5.41) is 17.0. The van der Waals surface area contributed by atoms with Crippen LogP contribution in [0.3, 0.4) is 0 Å². The number of aldehydes is 1. The predicted molar refractivity (Wildman–Crippen MR) is 99.2 cm³/mol. The minimum atomic E-state index is -1.38. The molecule has 0 aliphatic heterocycles. The van der Waals surface area contributed by atoms with Crippen molar-refractivity contribution in [3.8, 4) is 0 Å². The summed E-state index contributed by atoms with van der Waals surface area (Å²) in [5.74, 6) is -0.386. The highest BCUT2D eigenvalue weighted by Gasteiger charge is 2.30. The predicted octanol–water partition coefficient (Wildman–Crippen LogP) is 2.05. The van der Waals surface area contributed by atoms with Gasteiger partial charge in [0.05, 0.1) is 6.61 Å². The van der Waals surface area contributed by atoms with Crippen LogP contribution in [0.5, 0.6) is 0 Å². The van der Waals surface area contributed by atoms with Crippen LogP contribution in [-0.4, -0.2) is 41.5 Å². The number of urea groups is 1. The van der Waals surface area contributed by atoms with Crippen molar-refractivity contribution in [1.29, 1.82) is 0 Å². The number of hydrogen-bond donors (Lipinski definition) is 4. The Balaban J connectivity index is 2.77. The lowest BCUT2D eigenvalue weighted by atomic mass is 10.0. The molecule has 0 fully saturated rings. The van der Waals surface area contributed by atoms with Gasteiger partial charge in [-0.2, -0.15) is 0 Å². The molecule has 2 atom stereocenters. The Kier molecular flexibility index (Phi) is 8.05. The number of amides is 3. The van der Waals surface area contributed by atoms with Gasteiger partial charge in [0, 0.05) is 10.2 Å². The molecule has 0 aromatic heterocycles. The molecule has 3 amide bonds. The second kappa shape index (κ2) is 9.53. The molecule has 0 saturated heterocycles. The van der Waals surface area contributed by atoms with Gasteiger partial charge in [0.1, 0.15) is 17.9 Å². The fourth-order valence-electron chi connectivity index (χ4n) is 2.04. The molecule has 0 heterocycles. The highest BCUT2D eigenvalue weighted by atomic mass is 79.9. The molecule has 1 rings (SSSR count). The van der Waals surface area contributed by atoms with Crippen LogP contribution in [0.4, 0.5) is 10.5 Å². The molecule has 1 aromatic rings. The summed E-state index contributed by atoms with van der Waals surface area (Å²) in [6, 6.07) is 5.64. The summed E-state index contributed by atoms with van der Waals surface area (Å²) in [7, 11) is 0. The average Bonchev–Trinajstić information content (AvgIpc) is 2.55. The SMILES string of the molecule is CC(C)C[C@H](NC(=O)Nc1ccc(Br)cc1)C(=O)N[C@](C)(C=O)CO. The summed E-state index contributed by atoms with van der Waals surface area (Å²) in [6.45, 7) is 4.72. The van der Waals surface area contributed by atoms with E-state index in [4.69, 9.17) is 0 Å². The largest absolute Gasteiger partial charge is 0.393 e. The number of anilines is 1. The zero-order chi connectivity index (χ0) is 19.0. The molecule has 138 valence electrons. The molecule has 0 spiro atoms. The Morgan fingerprint density at radius 2 is 1.88 bits per heavy atom. The van der Waals surface area contributed by atoms with E-state index in [-0.39, 0.29) is 5.92 Å². The summed E-state index contributed by atoms with van der Waals surface area (Å²) in [4.78, 5) is 35.6. The lowest BCUT2D eigenvalue weighted by Crippen LogP contribution is -2.57.